The molecular weight excluding hydrogens is 1440 g/mol. The molecular formula is C76H99IN6O18P-. The number of carbonyl (C=O) groups is 12. The average Bonchev–Trinajstić information content (AvgIpc) is 1.62. The Labute approximate surface area is 612 Å². The van der Waals surface area contributed by atoms with Gasteiger partial charge in [0.25, 0.3) is 0 Å². The van der Waals surface area contributed by atoms with Gasteiger partial charge >= 0.3 is 6.09 Å². The van der Waals surface area contributed by atoms with E-state index in [0.29, 0.717) is 25.1 Å². The molecule has 0 saturated carbocycles. The Balaban J connectivity index is 1.01. The summed E-state index contributed by atoms with van der Waals surface area (Å²) in [4.78, 5) is 157. The van der Waals surface area contributed by atoms with Gasteiger partial charge in [-0.05, 0) is 125 Å². The topological polar surface area (TPSA) is 346 Å². The summed E-state index contributed by atoms with van der Waals surface area (Å²) in [7, 11) is 0. The van der Waals surface area contributed by atoms with E-state index < -0.39 is 83.8 Å². The highest BCUT2D eigenvalue weighted by atomic mass is 127. The van der Waals surface area contributed by atoms with Gasteiger partial charge in [0, 0.05) is 75.9 Å². The van der Waals surface area contributed by atoms with E-state index in [1.165, 1.54) is 6.92 Å². The van der Waals surface area contributed by atoms with E-state index in [0.717, 1.165) is 33.4 Å². The van der Waals surface area contributed by atoms with Gasteiger partial charge in [0.05, 0.1) is 58.2 Å². The number of rotatable bonds is 52. The zero-order chi connectivity index (χ0) is 74.2. The molecule has 0 spiro atoms. The van der Waals surface area contributed by atoms with Gasteiger partial charge in [0.15, 0.2) is 23.1 Å². The largest absolute Gasteiger partial charge is 0.827 e. The molecule has 6 amide bonds. The third-order valence-corrected chi connectivity index (χ3v) is 18.7. The molecule has 24 nitrogen and oxygen atoms in total. The van der Waals surface area contributed by atoms with Crippen molar-refractivity contribution in [2.45, 2.75) is 149 Å². The van der Waals surface area contributed by atoms with Gasteiger partial charge in [-0.15, -0.1) is 5.48 Å². The minimum atomic E-state index is -1.17. The summed E-state index contributed by atoms with van der Waals surface area (Å²) in [6, 6.07) is 31.2. The minimum Gasteiger partial charge on any atom is -0.827 e. The maximum Gasteiger partial charge on any atom is 0.407 e. The van der Waals surface area contributed by atoms with E-state index in [1.807, 2.05) is 159 Å². The van der Waals surface area contributed by atoms with E-state index >= 15 is 0 Å². The van der Waals surface area contributed by atoms with E-state index in [9.17, 15) is 62.6 Å². The molecule has 5 atom stereocenters. The van der Waals surface area contributed by atoms with Gasteiger partial charge in [-0.25, -0.2) is 4.79 Å². The van der Waals surface area contributed by atoms with Gasteiger partial charge in [-0.3, -0.25) is 47.9 Å². The Hall–Kier alpha value is -7.78. The zero-order valence-electron chi connectivity index (χ0n) is 59.1. The summed E-state index contributed by atoms with van der Waals surface area (Å²) in [5.41, 5.74) is 5.61. The van der Waals surface area contributed by atoms with Crippen LogP contribution in [0.4, 0.5) is 4.79 Å². The molecule has 554 valence electrons. The van der Waals surface area contributed by atoms with Crippen LogP contribution in [0.2, 0.25) is 0 Å². The van der Waals surface area contributed by atoms with Crippen LogP contribution in [0, 0.1) is 23.7 Å². The number of nitrogens with one attached hydrogen (secondary N) is 6. The summed E-state index contributed by atoms with van der Waals surface area (Å²) in [6.45, 7) is 7.92. The van der Waals surface area contributed by atoms with Crippen molar-refractivity contribution in [3.63, 3.8) is 0 Å². The number of halogens is 1. The molecule has 0 bridgehead atoms. The Bertz CT molecular complexity index is 3380. The molecule has 102 heavy (non-hydrogen) atoms. The first-order valence-electron chi connectivity index (χ1n) is 34.9. The Morgan fingerprint density at radius 3 is 1.43 bits per heavy atom. The number of ether oxygens (including phenoxy) is 5. The van der Waals surface area contributed by atoms with E-state index in [1.54, 1.807) is 0 Å². The predicted molar refractivity (Wildman–Crippen MR) is 392 cm³/mol. The third kappa shape index (κ3) is 33.1. The molecule has 0 aromatic heterocycles. The van der Waals surface area contributed by atoms with Crippen LogP contribution >= 0.6 is 27.9 Å². The molecule has 0 radical (unpaired) electrons. The predicted octanol–water partition coefficient (Wildman–Crippen LogP) is 7.21. The number of benzene rings is 4. The summed E-state index contributed by atoms with van der Waals surface area (Å²) >= 11 is 1.92. The fourth-order valence-corrected chi connectivity index (χ4v) is 12.4. The van der Waals surface area contributed by atoms with E-state index in [4.69, 9.17) is 23.7 Å². The molecule has 1 aliphatic carbocycles. The lowest BCUT2D eigenvalue weighted by molar-refractivity contribution is -0.212. The lowest BCUT2D eigenvalue weighted by Gasteiger charge is -2.24. The molecule has 0 aliphatic heterocycles. The number of amides is 6. The number of fused-ring (bicyclic) bond motifs is 3. The first-order chi connectivity index (χ1) is 49.0. The second kappa shape index (κ2) is 47.5. The molecule has 4 aromatic carbocycles. The molecule has 6 N–H and O–H groups in total. The van der Waals surface area contributed by atoms with Crippen molar-refractivity contribution in [3.05, 3.63) is 131 Å². The molecule has 26 heteroatoms. The van der Waals surface area contributed by atoms with Gasteiger partial charge in [-0.2, -0.15) is 0 Å². The number of hydrogen-bond donors (Lipinski definition) is 6. The first kappa shape index (κ1) is 84.9. The Morgan fingerprint density at radius 2 is 0.951 bits per heavy atom. The molecule has 0 fully saturated rings. The highest BCUT2D eigenvalue weighted by Crippen LogP contribution is 2.44. The molecule has 1 aliphatic rings. The molecule has 5 unspecified atom stereocenters. The molecule has 5 rings (SSSR count). The van der Waals surface area contributed by atoms with Gasteiger partial charge in [0.2, 0.25) is 29.5 Å². The summed E-state index contributed by atoms with van der Waals surface area (Å²) in [5.74, 6) is -5.61. The van der Waals surface area contributed by atoms with Crippen LogP contribution in [0.15, 0.2) is 109 Å². The number of carbonyl (C=O) groups excluding carboxylic acids is 12. The van der Waals surface area contributed by atoms with E-state index in [2.05, 4.69) is 31.9 Å². The number of Topliss-reactive ketones (excluding diaryl/α,β-unsaturated/α-hetero) is 6. The number of ketones is 6. The third-order valence-electron chi connectivity index (χ3n) is 16.7. The van der Waals surface area contributed by atoms with Crippen molar-refractivity contribution in [1.29, 1.82) is 0 Å². The van der Waals surface area contributed by atoms with Crippen LogP contribution in [0.25, 0.3) is 11.1 Å². The van der Waals surface area contributed by atoms with Gasteiger partial charge in [0.1, 0.15) is 37.4 Å². The minimum absolute atomic E-state index is 0.00265. The Kier molecular flexibility index (Phi) is 39.5. The SMILES string of the molecule is CC(=O)CCC(=O)C(CC(C)C)NC(=O)C(CC(=O)CNC(=O)COCCOCCCC(=O)CCC(NC(=O)OCC1c2ccccc2-c2ccccc21)C(=O)NCCOCCOCC(=O)NCC(=O)CC(Cc1ccccc1)C(=O)NC(CC(C)C)C(=O)CCC([O-])=PI)Cc1ccccc1. The van der Waals surface area contributed by atoms with Crippen molar-refractivity contribution >= 4 is 104 Å². The van der Waals surface area contributed by atoms with Crippen molar-refractivity contribution in [2.75, 3.05) is 79.1 Å². The monoisotopic (exact) mass is 1540 g/mol. The summed E-state index contributed by atoms with van der Waals surface area (Å²) in [6.07, 6.45) is 0.325. The van der Waals surface area contributed by atoms with Gasteiger partial charge in [-0.1, -0.05) is 137 Å². The van der Waals surface area contributed by atoms with E-state index in [-0.39, 0.29) is 189 Å². The lowest BCUT2D eigenvalue weighted by Crippen LogP contribution is -2.48. The lowest BCUT2D eigenvalue weighted by atomic mass is 9.91. The van der Waals surface area contributed by atoms with Crippen molar-refractivity contribution < 1.29 is 86.3 Å². The van der Waals surface area contributed by atoms with Crippen LogP contribution < -0.4 is 37.0 Å². The number of alkyl carbamates (subject to hydrolysis) is 1. The summed E-state index contributed by atoms with van der Waals surface area (Å²) < 4.78 is 27.9. The normalized spacial score (nSPS) is 13.3. The highest BCUT2D eigenvalue weighted by Gasteiger charge is 2.33. The highest BCUT2D eigenvalue weighted by molar-refractivity contribution is 14.2. The van der Waals surface area contributed by atoms with Crippen molar-refractivity contribution in [1.82, 2.24) is 31.9 Å². The first-order valence-corrected chi connectivity index (χ1v) is 38.5. The average molecular weight is 1540 g/mol. The standard InChI is InChI=1S/C76H100IN6O18P/c1-50(2)39-66(68(88)29-26-52(5)84)81-73(93)55(41-53-17-8-6-9-18-53)43-58(86)45-79-70(90)48-99-37-35-97-33-16-21-57(85)27-28-65(83-76(96)101-47-64-62-24-14-12-22-60(62)61-23-13-15-25-63(61)64)75(95)78-32-34-98-36-38-100-49-71(91)80-46-59(87)44-56(42-54-19-10-7-11-20-54)74(94)82-67(40-51(3)4)69(89)30-31-72(92)102-77/h6-15,17-20,22-25,50-51,55-56,64-67,92H,16,21,26-49H2,1-5H3,(H,78,95)(H,79,90)(H,80,91)(H,81,93)(H,82,94)(H,83,96)/p-1. The van der Waals surface area contributed by atoms with Crippen molar-refractivity contribution in [2.24, 2.45) is 23.7 Å². The van der Waals surface area contributed by atoms with Gasteiger partial charge < -0.3 is 65.5 Å². The second-order valence-electron chi connectivity index (χ2n) is 26.1. The van der Waals surface area contributed by atoms with Crippen LogP contribution in [0.3, 0.4) is 0 Å². The quantitative estimate of drug-likeness (QED) is 0.0144. The maximum atomic E-state index is 13.7. The van der Waals surface area contributed by atoms with Crippen molar-refractivity contribution in [3.8, 4) is 11.1 Å². The second-order valence-corrected chi connectivity index (χ2v) is 28.2. The maximum absolute atomic E-state index is 13.7. The fraction of sp³-hybridized carbons (Fsp3) is 0.513. The molecule has 0 saturated heterocycles. The summed E-state index contributed by atoms with van der Waals surface area (Å²) in [5, 5.41) is 28.1. The molecule has 0 heterocycles. The van der Waals surface area contributed by atoms with Crippen LogP contribution in [-0.4, -0.2) is 173 Å². The fourth-order valence-electron chi connectivity index (χ4n) is 11.5. The molecule has 4 aromatic rings. The van der Waals surface area contributed by atoms with Crippen LogP contribution in [-0.2, 0) is 89.3 Å². The Morgan fingerprint density at radius 1 is 0.490 bits per heavy atom. The number of hydrogen-bond acceptors (Lipinski definition) is 18. The zero-order valence-corrected chi connectivity index (χ0v) is 62.1. The van der Waals surface area contributed by atoms with Crippen LogP contribution in [0.5, 0.6) is 0 Å². The smallest absolute Gasteiger partial charge is 0.407 e. The van der Waals surface area contributed by atoms with Crippen LogP contribution in [0.1, 0.15) is 140 Å².